The summed E-state index contributed by atoms with van der Waals surface area (Å²) in [5.74, 6) is 1.50. The van der Waals surface area contributed by atoms with Gasteiger partial charge in [-0.3, -0.25) is 9.89 Å². The van der Waals surface area contributed by atoms with Crippen LogP contribution in [-0.4, -0.2) is 48.9 Å². The first-order chi connectivity index (χ1) is 9.42. The van der Waals surface area contributed by atoms with Gasteiger partial charge in [-0.2, -0.15) is 0 Å². The molecule has 5 heteroatoms. The lowest BCUT2D eigenvalue weighted by Gasteiger charge is -2.26. The fourth-order valence-corrected chi connectivity index (χ4v) is 2.15. The highest BCUT2D eigenvalue weighted by Gasteiger charge is 2.13. The molecule has 1 aromatic rings. The van der Waals surface area contributed by atoms with E-state index < -0.39 is 0 Å². The maximum absolute atomic E-state index is 5.82. The van der Waals surface area contributed by atoms with Crippen LogP contribution >= 0.6 is 0 Å². The van der Waals surface area contributed by atoms with Crippen LogP contribution in [0.4, 0.5) is 0 Å². The minimum atomic E-state index is 0.636. The standard InChI is InChI=1S/C14H17N3O2/c1-2-12-10-15-11-13(19-14(12)16-4-1)3-5-17-6-8-18-9-7-17/h1-2,4,10-11H,3,5-9H2. The summed E-state index contributed by atoms with van der Waals surface area (Å²) in [6.45, 7) is 4.59. The number of aromatic nitrogens is 1. The molecule has 0 radical (unpaired) electrons. The van der Waals surface area contributed by atoms with Crippen LogP contribution in [0.2, 0.25) is 0 Å². The summed E-state index contributed by atoms with van der Waals surface area (Å²) in [5.41, 5.74) is 0.917. The number of ether oxygens (including phenoxy) is 2. The molecule has 3 heterocycles. The minimum Gasteiger partial charge on any atom is -0.441 e. The van der Waals surface area contributed by atoms with Gasteiger partial charge in [0.2, 0.25) is 5.88 Å². The molecule has 0 amide bonds. The van der Waals surface area contributed by atoms with Gasteiger partial charge in [-0.25, -0.2) is 4.98 Å². The number of fused-ring (bicyclic) bond motifs is 1. The van der Waals surface area contributed by atoms with Crippen molar-refractivity contribution in [2.75, 3.05) is 32.8 Å². The first-order valence-electron chi connectivity index (χ1n) is 6.57. The predicted molar refractivity (Wildman–Crippen MR) is 72.4 cm³/mol. The zero-order valence-electron chi connectivity index (χ0n) is 10.8. The average Bonchev–Trinajstić information content (AvgIpc) is 2.68. The summed E-state index contributed by atoms with van der Waals surface area (Å²) in [6, 6.07) is 3.83. The summed E-state index contributed by atoms with van der Waals surface area (Å²) < 4.78 is 11.2. The van der Waals surface area contributed by atoms with Gasteiger partial charge in [0.1, 0.15) is 5.76 Å². The first-order valence-corrected chi connectivity index (χ1v) is 6.57. The average molecular weight is 259 g/mol. The molecule has 5 nitrogen and oxygen atoms in total. The molecule has 0 spiro atoms. The van der Waals surface area contributed by atoms with Crippen molar-refractivity contribution >= 4 is 6.21 Å². The SMILES string of the molecule is C1=NC=C(CCN2CCOCC2)Oc2ncccc21. The van der Waals surface area contributed by atoms with E-state index in [9.17, 15) is 0 Å². The van der Waals surface area contributed by atoms with Crippen LogP contribution < -0.4 is 4.74 Å². The Bertz CT molecular complexity index is 493. The molecule has 100 valence electrons. The van der Waals surface area contributed by atoms with Gasteiger partial charge in [-0.05, 0) is 12.1 Å². The Labute approximate surface area is 112 Å². The Morgan fingerprint density at radius 3 is 3.05 bits per heavy atom. The monoisotopic (exact) mass is 259 g/mol. The normalized spacial score (nSPS) is 19.3. The number of aliphatic imine (C=N–C) groups is 1. The summed E-state index contributed by atoms with van der Waals surface area (Å²) in [6.07, 6.45) is 6.14. The second-order valence-corrected chi connectivity index (χ2v) is 4.58. The van der Waals surface area contributed by atoms with Crippen LogP contribution in [0, 0.1) is 0 Å². The Morgan fingerprint density at radius 2 is 2.16 bits per heavy atom. The van der Waals surface area contributed by atoms with Crippen LogP contribution in [0.25, 0.3) is 0 Å². The number of hydrogen-bond donors (Lipinski definition) is 0. The fourth-order valence-electron chi connectivity index (χ4n) is 2.15. The molecular formula is C14H17N3O2. The molecular weight excluding hydrogens is 242 g/mol. The Hall–Kier alpha value is -1.72. The largest absolute Gasteiger partial charge is 0.441 e. The van der Waals surface area contributed by atoms with E-state index in [0.29, 0.717) is 5.88 Å². The van der Waals surface area contributed by atoms with E-state index in [1.807, 2.05) is 12.1 Å². The van der Waals surface area contributed by atoms with Gasteiger partial charge in [0.05, 0.1) is 25.0 Å². The number of rotatable bonds is 3. The van der Waals surface area contributed by atoms with Gasteiger partial charge in [0, 0.05) is 38.5 Å². The molecule has 1 saturated heterocycles. The van der Waals surface area contributed by atoms with Crippen molar-refractivity contribution < 1.29 is 9.47 Å². The maximum atomic E-state index is 5.82. The Morgan fingerprint density at radius 1 is 1.26 bits per heavy atom. The van der Waals surface area contributed by atoms with Crippen molar-refractivity contribution in [1.29, 1.82) is 0 Å². The quantitative estimate of drug-likeness (QED) is 0.824. The van der Waals surface area contributed by atoms with Crippen molar-refractivity contribution in [3.8, 4) is 5.88 Å². The van der Waals surface area contributed by atoms with Crippen LogP contribution in [0.1, 0.15) is 12.0 Å². The lowest BCUT2D eigenvalue weighted by Crippen LogP contribution is -2.37. The first kappa shape index (κ1) is 12.3. The molecule has 19 heavy (non-hydrogen) atoms. The summed E-state index contributed by atoms with van der Waals surface area (Å²) >= 11 is 0. The third-order valence-electron chi connectivity index (χ3n) is 3.24. The minimum absolute atomic E-state index is 0.636. The number of nitrogens with zero attached hydrogens (tertiary/aromatic N) is 3. The van der Waals surface area contributed by atoms with Crippen LogP contribution in [0.5, 0.6) is 5.88 Å². The van der Waals surface area contributed by atoms with E-state index in [1.165, 1.54) is 0 Å². The van der Waals surface area contributed by atoms with Gasteiger partial charge >= 0.3 is 0 Å². The van der Waals surface area contributed by atoms with Gasteiger partial charge in [0.25, 0.3) is 0 Å². The zero-order chi connectivity index (χ0) is 12.9. The molecule has 0 N–H and O–H groups in total. The molecule has 0 saturated carbocycles. The van der Waals surface area contributed by atoms with E-state index in [4.69, 9.17) is 9.47 Å². The molecule has 0 atom stereocenters. The van der Waals surface area contributed by atoms with E-state index in [1.54, 1.807) is 18.6 Å². The third-order valence-corrected chi connectivity index (χ3v) is 3.24. The predicted octanol–water partition coefficient (Wildman–Crippen LogP) is 1.46. The molecule has 0 bridgehead atoms. The zero-order valence-corrected chi connectivity index (χ0v) is 10.8. The van der Waals surface area contributed by atoms with E-state index >= 15 is 0 Å². The third kappa shape index (κ3) is 3.19. The maximum Gasteiger partial charge on any atom is 0.227 e. The Balaban J connectivity index is 1.60. The van der Waals surface area contributed by atoms with Gasteiger partial charge < -0.3 is 9.47 Å². The molecule has 2 aliphatic rings. The summed E-state index contributed by atoms with van der Waals surface area (Å²) in [5, 5.41) is 0. The van der Waals surface area contributed by atoms with Crippen molar-refractivity contribution in [2.45, 2.75) is 6.42 Å². The van der Waals surface area contributed by atoms with Crippen molar-refractivity contribution in [3.63, 3.8) is 0 Å². The van der Waals surface area contributed by atoms with Crippen LogP contribution in [0.3, 0.4) is 0 Å². The molecule has 0 aliphatic carbocycles. The molecule has 2 aliphatic heterocycles. The van der Waals surface area contributed by atoms with Gasteiger partial charge in [0.15, 0.2) is 0 Å². The van der Waals surface area contributed by atoms with E-state index in [0.717, 1.165) is 50.6 Å². The highest BCUT2D eigenvalue weighted by molar-refractivity contribution is 5.83. The van der Waals surface area contributed by atoms with Crippen molar-refractivity contribution in [2.24, 2.45) is 4.99 Å². The van der Waals surface area contributed by atoms with Gasteiger partial charge in [-0.15, -0.1) is 0 Å². The number of morpholine rings is 1. The highest BCUT2D eigenvalue weighted by Crippen LogP contribution is 2.19. The lowest BCUT2D eigenvalue weighted by molar-refractivity contribution is 0.0374. The molecule has 1 fully saturated rings. The van der Waals surface area contributed by atoms with E-state index in [2.05, 4.69) is 14.9 Å². The topological polar surface area (TPSA) is 47.0 Å². The second-order valence-electron chi connectivity index (χ2n) is 4.58. The number of hydrogen-bond acceptors (Lipinski definition) is 5. The molecule has 3 rings (SSSR count). The molecule has 0 unspecified atom stereocenters. The highest BCUT2D eigenvalue weighted by atomic mass is 16.5. The van der Waals surface area contributed by atoms with E-state index in [-0.39, 0.29) is 0 Å². The molecule has 0 aromatic carbocycles. The second kappa shape index (κ2) is 5.95. The summed E-state index contributed by atoms with van der Waals surface area (Å²) in [4.78, 5) is 10.9. The number of pyridine rings is 1. The molecule has 1 aromatic heterocycles. The Kier molecular flexibility index (Phi) is 3.86. The van der Waals surface area contributed by atoms with Crippen LogP contribution in [-0.2, 0) is 4.74 Å². The fraction of sp³-hybridized carbons (Fsp3) is 0.429. The van der Waals surface area contributed by atoms with Crippen LogP contribution in [0.15, 0.2) is 35.3 Å². The van der Waals surface area contributed by atoms with Gasteiger partial charge in [-0.1, -0.05) is 0 Å². The van der Waals surface area contributed by atoms with Crippen molar-refractivity contribution in [3.05, 3.63) is 35.9 Å². The smallest absolute Gasteiger partial charge is 0.227 e. The summed E-state index contributed by atoms with van der Waals surface area (Å²) in [7, 11) is 0. The lowest BCUT2D eigenvalue weighted by atomic mass is 10.3. The van der Waals surface area contributed by atoms with Crippen molar-refractivity contribution in [1.82, 2.24) is 9.88 Å².